The molecule has 0 heterocycles. The van der Waals surface area contributed by atoms with E-state index in [9.17, 15) is 8.42 Å². The molecule has 0 aliphatic carbocycles. The first-order valence-corrected chi connectivity index (χ1v) is 4.80. The van der Waals surface area contributed by atoms with Gasteiger partial charge < -0.3 is 4.90 Å². The van der Waals surface area contributed by atoms with E-state index >= 15 is 0 Å². The molecule has 5 heteroatoms. The number of hydrogen-bond donors (Lipinski definition) is 0. The Morgan fingerprint density at radius 1 is 1.60 bits per heavy atom. The smallest absolute Gasteiger partial charge is 0.179 e. The van der Waals surface area contributed by atoms with Gasteiger partial charge in [-0.15, -0.1) is 0 Å². The molecule has 0 spiro atoms. The third-order valence-electron chi connectivity index (χ3n) is 0.968. The van der Waals surface area contributed by atoms with Gasteiger partial charge in [0.25, 0.3) is 0 Å². The van der Waals surface area contributed by atoms with Gasteiger partial charge in [-0.2, -0.15) is 5.26 Å². The first kappa shape index (κ1) is 9.24. The molecule has 0 saturated carbocycles. The second-order valence-corrected chi connectivity index (χ2v) is 4.41. The van der Waals surface area contributed by atoms with Crippen molar-refractivity contribution >= 4 is 9.84 Å². The highest BCUT2D eigenvalue weighted by atomic mass is 32.2. The average Bonchev–Trinajstić information content (AvgIpc) is 1.81. The Hall–Kier alpha value is -0.760. The number of hydrogen-bond acceptors (Lipinski definition) is 4. The van der Waals surface area contributed by atoms with Gasteiger partial charge in [0.2, 0.25) is 0 Å². The fourth-order valence-corrected chi connectivity index (χ4v) is 0.958. The first-order chi connectivity index (χ1) is 4.45. The molecule has 0 aliphatic heterocycles. The molecular formula is C5H10N2O2S. The molecule has 0 amide bonds. The highest BCUT2D eigenvalue weighted by molar-refractivity contribution is 7.90. The Balaban J connectivity index is 3.70. The van der Waals surface area contributed by atoms with Gasteiger partial charge in [-0.25, -0.2) is 8.42 Å². The Morgan fingerprint density at radius 2 is 2.10 bits per heavy atom. The van der Waals surface area contributed by atoms with Gasteiger partial charge >= 0.3 is 0 Å². The average molecular weight is 162 g/mol. The second kappa shape index (κ2) is 3.42. The van der Waals surface area contributed by atoms with E-state index in [2.05, 4.69) is 0 Å². The third-order valence-corrected chi connectivity index (χ3v) is 1.89. The van der Waals surface area contributed by atoms with Crippen molar-refractivity contribution in [2.24, 2.45) is 0 Å². The monoisotopic (exact) mass is 162 g/mol. The van der Waals surface area contributed by atoms with Gasteiger partial charge in [0.15, 0.2) is 6.19 Å². The summed E-state index contributed by atoms with van der Waals surface area (Å²) in [6.45, 7) is 0.273. The summed E-state index contributed by atoms with van der Waals surface area (Å²) in [5.41, 5.74) is 0. The van der Waals surface area contributed by atoms with E-state index in [1.807, 2.05) is 0 Å². The van der Waals surface area contributed by atoms with Gasteiger partial charge in [0.05, 0.1) is 5.75 Å². The molecule has 0 atom stereocenters. The highest BCUT2D eigenvalue weighted by Crippen LogP contribution is 1.84. The summed E-state index contributed by atoms with van der Waals surface area (Å²) in [6, 6.07) is 0. The van der Waals surface area contributed by atoms with Gasteiger partial charge in [-0.05, 0) is 0 Å². The normalized spacial score (nSPS) is 10.5. The molecule has 0 aromatic rings. The SMILES string of the molecule is CN(C#N)CCS(C)(=O)=O. The number of nitriles is 1. The lowest BCUT2D eigenvalue weighted by atomic mass is 10.7. The summed E-state index contributed by atoms with van der Waals surface area (Å²) in [5, 5.41) is 8.21. The standard InChI is InChI=1S/C5H10N2O2S/c1-7(5-6)3-4-10(2,8)9/h3-4H2,1-2H3. The molecule has 0 aromatic carbocycles. The lowest BCUT2D eigenvalue weighted by molar-refractivity contribution is 0.498. The predicted molar refractivity (Wildman–Crippen MR) is 38.0 cm³/mol. The van der Waals surface area contributed by atoms with E-state index in [0.717, 1.165) is 6.26 Å². The molecule has 0 radical (unpaired) electrons. The predicted octanol–water partition coefficient (Wildman–Crippen LogP) is -0.556. The van der Waals surface area contributed by atoms with E-state index in [-0.39, 0.29) is 12.3 Å². The van der Waals surface area contributed by atoms with Crippen LogP contribution in [-0.2, 0) is 9.84 Å². The quantitative estimate of drug-likeness (QED) is 0.412. The summed E-state index contributed by atoms with van der Waals surface area (Å²) in [4.78, 5) is 1.28. The molecule has 0 saturated heterocycles. The number of sulfone groups is 1. The van der Waals surface area contributed by atoms with E-state index in [4.69, 9.17) is 5.26 Å². The summed E-state index contributed by atoms with van der Waals surface area (Å²) < 4.78 is 21.0. The molecule has 0 aromatic heterocycles. The van der Waals surface area contributed by atoms with Crippen LogP contribution in [0, 0.1) is 11.5 Å². The Kier molecular flexibility index (Phi) is 3.16. The molecule has 0 aliphatic rings. The van der Waals surface area contributed by atoms with Crippen LogP contribution in [0.25, 0.3) is 0 Å². The molecule has 0 bridgehead atoms. The van der Waals surface area contributed by atoms with Crippen LogP contribution in [0.3, 0.4) is 0 Å². The molecule has 58 valence electrons. The van der Waals surface area contributed by atoms with Crippen LogP contribution in [0.4, 0.5) is 0 Å². The minimum absolute atomic E-state index is 0.0387. The molecular weight excluding hydrogens is 152 g/mol. The summed E-state index contributed by atoms with van der Waals surface area (Å²) in [6.07, 6.45) is 2.96. The molecule has 10 heavy (non-hydrogen) atoms. The van der Waals surface area contributed by atoms with Gasteiger partial charge in [0.1, 0.15) is 9.84 Å². The number of rotatable bonds is 3. The topological polar surface area (TPSA) is 61.2 Å². The fraction of sp³-hybridized carbons (Fsp3) is 0.800. The molecule has 0 rings (SSSR count). The lowest BCUT2D eigenvalue weighted by Gasteiger charge is -2.05. The molecule has 4 nitrogen and oxygen atoms in total. The van der Waals surface area contributed by atoms with E-state index in [0.29, 0.717) is 0 Å². The zero-order valence-corrected chi connectivity index (χ0v) is 6.85. The minimum Gasteiger partial charge on any atom is -0.313 e. The Morgan fingerprint density at radius 3 is 2.40 bits per heavy atom. The fourth-order valence-electron chi connectivity index (χ4n) is 0.353. The van der Waals surface area contributed by atoms with Crippen LogP contribution in [-0.4, -0.2) is 38.9 Å². The van der Waals surface area contributed by atoms with E-state index < -0.39 is 9.84 Å². The van der Waals surface area contributed by atoms with Crippen LogP contribution in [0.2, 0.25) is 0 Å². The summed E-state index contributed by atoms with van der Waals surface area (Å²) in [7, 11) is -1.38. The first-order valence-electron chi connectivity index (χ1n) is 2.74. The van der Waals surface area contributed by atoms with Crippen molar-refractivity contribution in [3.63, 3.8) is 0 Å². The van der Waals surface area contributed by atoms with Crippen LogP contribution in [0.1, 0.15) is 0 Å². The van der Waals surface area contributed by atoms with Crippen LogP contribution in [0.5, 0.6) is 0 Å². The summed E-state index contributed by atoms with van der Waals surface area (Å²) >= 11 is 0. The maximum Gasteiger partial charge on any atom is 0.179 e. The van der Waals surface area contributed by atoms with Crippen molar-refractivity contribution in [1.29, 1.82) is 5.26 Å². The highest BCUT2D eigenvalue weighted by Gasteiger charge is 2.02. The Bertz CT molecular complexity index is 227. The van der Waals surface area contributed by atoms with E-state index in [1.165, 1.54) is 4.90 Å². The van der Waals surface area contributed by atoms with Crippen molar-refractivity contribution < 1.29 is 8.42 Å². The zero-order chi connectivity index (χ0) is 8.20. The van der Waals surface area contributed by atoms with Crippen molar-refractivity contribution in [2.75, 3.05) is 25.6 Å². The zero-order valence-electron chi connectivity index (χ0n) is 6.03. The Labute approximate surface area is 61.0 Å². The molecule has 0 fully saturated rings. The maximum atomic E-state index is 10.5. The van der Waals surface area contributed by atoms with Gasteiger partial charge in [-0.3, -0.25) is 0 Å². The van der Waals surface area contributed by atoms with Crippen molar-refractivity contribution in [2.45, 2.75) is 0 Å². The minimum atomic E-state index is -2.92. The van der Waals surface area contributed by atoms with Crippen molar-refractivity contribution in [1.82, 2.24) is 4.90 Å². The van der Waals surface area contributed by atoms with Crippen molar-refractivity contribution in [3.8, 4) is 6.19 Å². The van der Waals surface area contributed by atoms with Crippen molar-refractivity contribution in [3.05, 3.63) is 0 Å². The summed E-state index contributed by atoms with van der Waals surface area (Å²) in [5.74, 6) is 0.0387. The van der Waals surface area contributed by atoms with Gasteiger partial charge in [-0.1, -0.05) is 0 Å². The molecule has 0 unspecified atom stereocenters. The van der Waals surface area contributed by atoms with Crippen LogP contribution < -0.4 is 0 Å². The van der Waals surface area contributed by atoms with Crippen LogP contribution in [0.15, 0.2) is 0 Å². The largest absolute Gasteiger partial charge is 0.313 e. The molecule has 0 N–H and O–H groups in total. The van der Waals surface area contributed by atoms with E-state index in [1.54, 1.807) is 13.2 Å². The van der Waals surface area contributed by atoms with Crippen LogP contribution >= 0.6 is 0 Å². The lowest BCUT2D eigenvalue weighted by Crippen LogP contribution is -2.20. The number of nitrogens with zero attached hydrogens (tertiary/aromatic N) is 2. The van der Waals surface area contributed by atoms with Gasteiger partial charge in [0, 0.05) is 19.8 Å². The maximum absolute atomic E-state index is 10.5. The third kappa shape index (κ3) is 5.38. The second-order valence-electron chi connectivity index (χ2n) is 2.15.